The number of nitrogens with zero attached hydrogens (tertiary/aromatic N) is 1. The molecule has 3 nitrogen and oxygen atoms in total. The molecule has 0 atom stereocenters. The molecule has 0 aromatic heterocycles. The van der Waals surface area contributed by atoms with Crippen molar-refractivity contribution in [2.24, 2.45) is 11.3 Å². The van der Waals surface area contributed by atoms with Gasteiger partial charge in [-0.25, -0.2) is 0 Å². The molecule has 3 rings (SSSR count). The van der Waals surface area contributed by atoms with Crippen molar-refractivity contribution in [3.8, 4) is 0 Å². The van der Waals surface area contributed by atoms with E-state index in [-0.39, 0.29) is 24.8 Å². The zero-order valence-corrected chi connectivity index (χ0v) is 13.4. The van der Waals surface area contributed by atoms with E-state index in [2.05, 4.69) is 10.2 Å². The van der Waals surface area contributed by atoms with Gasteiger partial charge in [0.25, 0.3) is 0 Å². The monoisotopic (exact) mass is 310 g/mol. The van der Waals surface area contributed by atoms with Crippen LogP contribution in [0, 0.1) is 11.3 Å². The van der Waals surface area contributed by atoms with Crippen molar-refractivity contribution in [1.29, 1.82) is 0 Å². The summed E-state index contributed by atoms with van der Waals surface area (Å²) in [6.07, 6.45) is 6.82. The van der Waals surface area contributed by atoms with E-state index in [1.807, 2.05) is 0 Å². The van der Waals surface area contributed by atoms with Gasteiger partial charge in [0.15, 0.2) is 0 Å². The van der Waals surface area contributed by atoms with Gasteiger partial charge in [-0.05, 0) is 63.1 Å². The van der Waals surface area contributed by atoms with Gasteiger partial charge in [0.1, 0.15) is 0 Å². The summed E-state index contributed by atoms with van der Waals surface area (Å²) in [7, 11) is 0. The molecule has 0 aliphatic carbocycles. The van der Waals surface area contributed by atoms with E-state index in [0.717, 1.165) is 19.1 Å². The number of piperidine rings is 1. The van der Waals surface area contributed by atoms with Gasteiger partial charge in [-0.2, -0.15) is 0 Å². The second kappa shape index (κ2) is 8.04. The van der Waals surface area contributed by atoms with Crippen LogP contribution < -0.4 is 5.32 Å². The third kappa shape index (κ3) is 4.47. The lowest BCUT2D eigenvalue weighted by Crippen LogP contribution is -2.43. The van der Waals surface area contributed by atoms with Gasteiger partial charge in [-0.15, -0.1) is 24.8 Å². The highest BCUT2D eigenvalue weighted by Gasteiger charge is 2.37. The van der Waals surface area contributed by atoms with Gasteiger partial charge in [0.05, 0.1) is 0 Å². The van der Waals surface area contributed by atoms with E-state index in [0.29, 0.717) is 5.41 Å². The van der Waals surface area contributed by atoms with Crippen LogP contribution in [0.25, 0.3) is 0 Å². The van der Waals surface area contributed by atoms with Crippen LogP contribution in [-0.4, -0.2) is 50.8 Å². The minimum Gasteiger partial charge on any atom is -0.381 e. The molecule has 0 amide bonds. The first-order valence-electron chi connectivity index (χ1n) is 7.37. The summed E-state index contributed by atoms with van der Waals surface area (Å²) < 4.78 is 5.44. The van der Waals surface area contributed by atoms with Gasteiger partial charge in [0.2, 0.25) is 0 Å². The first-order chi connectivity index (χ1) is 8.36. The topological polar surface area (TPSA) is 24.5 Å². The standard InChI is InChI=1S/C14H26N2O.2ClH/c1-9-17-10-2-13(1)11-16-7-4-14(5-8-16)3-6-15-12-14;;/h13,15H,1-12H2;2*1H. The van der Waals surface area contributed by atoms with Gasteiger partial charge in [0, 0.05) is 26.3 Å². The summed E-state index contributed by atoms with van der Waals surface area (Å²) in [6, 6.07) is 0. The van der Waals surface area contributed by atoms with Crippen molar-refractivity contribution >= 4 is 24.8 Å². The van der Waals surface area contributed by atoms with Crippen LogP contribution in [0.4, 0.5) is 0 Å². The van der Waals surface area contributed by atoms with E-state index < -0.39 is 0 Å². The van der Waals surface area contributed by atoms with Gasteiger partial charge >= 0.3 is 0 Å². The zero-order chi connectivity index (χ0) is 11.6. The van der Waals surface area contributed by atoms with Crippen LogP contribution in [0.2, 0.25) is 0 Å². The first-order valence-corrected chi connectivity index (χ1v) is 7.37. The van der Waals surface area contributed by atoms with Crippen LogP contribution in [-0.2, 0) is 4.74 Å². The molecule has 1 N–H and O–H groups in total. The highest BCUT2D eigenvalue weighted by molar-refractivity contribution is 5.85. The Morgan fingerprint density at radius 3 is 2.32 bits per heavy atom. The molecule has 3 saturated heterocycles. The van der Waals surface area contributed by atoms with Crippen molar-refractivity contribution in [3.63, 3.8) is 0 Å². The molecule has 0 aromatic rings. The smallest absolute Gasteiger partial charge is 0.0469 e. The SMILES string of the molecule is C1CC2(CCN(CC3CCOCC3)CC2)CN1.Cl.Cl. The summed E-state index contributed by atoms with van der Waals surface area (Å²) in [5.74, 6) is 0.902. The predicted octanol–water partition coefficient (Wildman–Crippen LogP) is 2.33. The Hall–Kier alpha value is 0.460. The van der Waals surface area contributed by atoms with Gasteiger partial charge < -0.3 is 15.0 Å². The average molecular weight is 311 g/mol. The lowest BCUT2D eigenvalue weighted by molar-refractivity contribution is 0.0392. The summed E-state index contributed by atoms with van der Waals surface area (Å²) in [5, 5.41) is 3.54. The Balaban J connectivity index is 0.000000902. The number of likely N-dealkylation sites (tertiary alicyclic amines) is 1. The third-order valence-electron chi connectivity index (χ3n) is 5.11. The maximum absolute atomic E-state index is 5.44. The maximum Gasteiger partial charge on any atom is 0.0469 e. The van der Waals surface area contributed by atoms with E-state index >= 15 is 0 Å². The molecule has 1 spiro atoms. The maximum atomic E-state index is 5.44. The molecule has 5 heteroatoms. The van der Waals surface area contributed by atoms with Crippen molar-refractivity contribution in [2.75, 3.05) is 45.9 Å². The van der Waals surface area contributed by atoms with Crippen LogP contribution >= 0.6 is 24.8 Å². The Bertz CT molecular complexity index is 244. The fourth-order valence-electron chi connectivity index (χ4n) is 3.73. The number of nitrogens with one attached hydrogen (secondary N) is 1. The van der Waals surface area contributed by atoms with Crippen molar-refractivity contribution in [3.05, 3.63) is 0 Å². The minimum atomic E-state index is 0. The molecule has 0 unspecified atom stereocenters. The molecule has 0 bridgehead atoms. The average Bonchev–Trinajstić information content (AvgIpc) is 2.83. The molecular formula is C14H28Cl2N2O. The minimum absolute atomic E-state index is 0. The van der Waals surface area contributed by atoms with E-state index in [9.17, 15) is 0 Å². The fraction of sp³-hybridized carbons (Fsp3) is 1.00. The molecule has 0 aromatic carbocycles. The lowest BCUT2D eigenvalue weighted by atomic mass is 9.77. The summed E-state index contributed by atoms with van der Waals surface area (Å²) in [6.45, 7) is 8.50. The summed E-state index contributed by atoms with van der Waals surface area (Å²) in [4.78, 5) is 2.71. The van der Waals surface area contributed by atoms with Crippen molar-refractivity contribution in [1.82, 2.24) is 10.2 Å². The van der Waals surface area contributed by atoms with Gasteiger partial charge in [-0.1, -0.05) is 0 Å². The molecule has 19 heavy (non-hydrogen) atoms. The summed E-state index contributed by atoms with van der Waals surface area (Å²) >= 11 is 0. The Morgan fingerprint density at radius 1 is 1.05 bits per heavy atom. The number of ether oxygens (including phenoxy) is 1. The molecule has 3 heterocycles. The van der Waals surface area contributed by atoms with Gasteiger partial charge in [-0.3, -0.25) is 0 Å². The van der Waals surface area contributed by atoms with E-state index in [1.165, 1.54) is 64.8 Å². The van der Waals surface area contributed by atoms with E-state index in [4.69, 9.17) is 4.74 Å². The third-order valence-corrected chi connectivity index (χ3v) is 5.11. The largest absolute Gasteiger partial charge is 0.381 e. The highest BCUT2D eigenvalue weighted by Crippen LogP contribution is 2.37. The summed E-state index contributed by atoms with van der Waals surface area (Å²) in [5.41, 5.74) is 0.673. The highest BCUT2D eigenvalue weighted by atomic mass is 35.5. The normalized spacial score (nSPS) is 27.8. The quantitative estimate of drug-likeness (QED) is 0.847. The number of hydrogen-bond acceptors (Lipinski definition) is 3. The fourth-order valence-corrected chi connectivity index (χ4v) is 3.73. The number of hydrogen-bond donors (Lipinski definition) is 1. The van der Waals surface area contributed by atoms with Crippen molar-refractivity contribution in [2.45, 2.75) is 32.1 Å². The van der Waals surface area contributed by atoms with Crippen LogP contribution in [0.3, 0.4) is 0 Å². The number of rotatable bonds is 2. The van der Waals surface area contributed by atoms with Crippen LogP contribution in [0.5, 0.6) is 0 Å². The molecule has 3 fully saturated rings. The predicted molar refractivity (Wildman–Crippen MR) is 83.6 cm³/mol. The lowest BCUT2D eigenvalue weighted by Gasteiger charge is -2.40. The Morgan fingerprint density at radius 2 is 1.74 bits per heavy atom. The molecule has 114 valence electrons. The second-order valence-electron chi connectivity index (χ2n) is 6.28. The molecule has 0 radical (unpaired) electrons. The molecule has 3 aliphatic heterocycles. The van der Waals surface area contributed by atoms with Crippen LogP contribution in [0.15, 0.2) is 0 Å². The molecule has 0 saturated carbocycles. The van der Waals surface area contributed by atoms with E-state index in [1.54, 1.807) is 0 Å². The molecule has 3 aliphatic rings. The van der Waals surface area contributed by atoms with Crippen LogP contribution in [0.1, 0.15) is 32.1 Å². The first kappa shape index (κ1) is 17.5. The molecular weight excluding hydrogens is 283 g/mol. The Kier molecular flexibility index (Phi) is 7.41. The second-order valence-corrected chi connectivity index (χ2v) is 6.28. The zero-order valence-electron chi connectivity index (χ0n) is 11.7. The number of halogens is 2. The van der Waals surface area contributed by atoms with Crippen molar-refractivity contribution < 1.29 is 4.74 Å². The Labute approximate surface area is 129 Å².